The number of hydrogen-bond donors (Lipinski definition) is 0. The van der Waals surface area contributed by atoms with Crippen molar-refractivity contribution < 1.29 is 9.47 Å². The molecule has 26 heavy (non-hydrogen) atoms. The van der Waals surface area contributed by atoms with E-state index in [-0.39, 0.29) is 11.7 Å². The Morgan fingerprint density at radius 2 is 1.73 bits per heavy atom. The first-order valence-corrected chi connectivity index (χ1v) is 10.4. The number of benzene rings is 1. The summed E-state index contributed by atoms with van der Waals surface area (Å²) in [5, 5.41) is 0. The Balaban J connectivity index is 1.81. The number of hydrogen-bond acceptors (Lipinski definition) is 2. The minimum Gasteiger partial charge on any atom is -0.465 e. The Bertz CT molecular complexity index is 532. The molecule has 2 atom stereocenters. The fraction of sp³-hybridized carbons (Fsp3) is 0.667. The molecule has 0 radical (unpaired) electrons. The second-order valence-electron chi connectivity index (χ2n) is 8.79. The number of allylic oxidation sites excluding steroid dienone is 2. The lowest BCUT2D eigenvalue weighted by molar-refractivity contribution is -0.0711. The SMILES string of the molecule is C/C=C\C(c1ccc(OC(C)OCCC2CCCCC2)cc1)C(C)(C)C. The molecule has 0 saturated heterocycles. The third kappa shape index (κ3) is 6.79. The van der Waals surface area contributed by atoms with Crippen molar-refractivity contribution in [3.05, 3.63) is 42.0 Å². The molecule has 1 aliphatic carbocycles. The largest absolute Gasteiger partial charge is 0.465 e. The van der Waals surface area contributed by atoms with Crippen LogP contribution in [-0.4, -0.2) is 12.9 Å². The first-order valence-electron chi connectivity index (χ1n) is 10.4. The zero-order chi connectivity index (χ0) is 19.0. The second-order valence-corrected chi connectivity index (χ2v) is 8.79. The van der Waals surface area contributed by atoms with Crippen molar-refractivity contribution in [3.63, 3.8) is 0 Å². The molecule has 0 heterocycles. The van der Waals surface area contributed by atoms with Crippen molar-refractivity contribution in [1.82, 2.24) is 0 Å². The Morgan fingerprint density at radius 1 is 1.08 bits per heavy atom. The maximum atomic E-state index is 5.94. The van der Waals surface area contributed by atoms with Crippen LogP contribution in [0.1, 0.15) is 84.6 Å². The van der Waals surface area contributed by atoms with Gasteiger partial charge < -0.3 is 9.47 Å². The third-order valence-corrected chi connectivity index (χ3v) is 5.46. The lowest BCUT2D eigenvalue weighted by Crippen LogP contribution is -2.19. The van der Waals surface area contributed by atoms with Gasteiger partial charge in [-0.15, -0.1) is 0 Å². The van der Waals surface area contributed by atoms with Gasteiger partial charge in [0.1, 0.15) is 5.75 Å². The molecule has 2 rings (SSSR count). The molecule has 2 heteroatoms. The maximum Gasteiger partial charge on any atom is 0.196 e. The van der Waals surface area contributed by atoms with E-state index in [4.69, 9.17) is 9.47 Å². The van der Waals surface area contributed by atoms with Crippen LogP contribution < -0.4 is 4.74 Å². The molecular formula is C24H38O2. The van der Waals surface area contributed by atoms with Crippen LogP contribution in [0.25, 0.3) is 0 Å². The minimum absolute atomic E-state index is 0.196. The van der Waals surface area contributed by atoms with Crippen molar-refractivity contribution in [2.45, 2.75) is 85.4 Å². The Morgan fingerprint density at radius 3 is 2.31 bits per heavy atom. The van der Waals surface area contributed by atoms with Crippen LogP contribution in [0.5, 0.6) is 5.75 Å². The number of ether oxygens (including phenoxy) is 2. The van der Waals surface area contributed by atoms with Gasteiger partial charge in [-0.2, -0.15) is 0 Å². The molecule has 0 aliphatic heterocycles. The quantitative estimate of drug-likeness (QED) is 0.364. The minimum atomic E-state index is -0.196. The molecule has 1 aliphatic rings. The predicted octanol–water partition coefficient (Wildman–Crippen LogP) is 7.10. The van der Waals surface area contributed by atoms with Crippen LogP contribution in [0.4, 0.5) is 0 Å². The molecule has 146 valence electrons. The normalized spacial score (nSPS) is 18.8. The van der Waals surface area contributed by atoms with Crippen molar-refractivity contribution in [1.29, 1.82) is 0 Å². The van der Waals surface area contributed by atoms with E-state index in [0.29, 0.717) is 5.92 Å². The molecule has 1 aromatic rings. The van der Waals surface area contributed by atoms with Gasteiger partial charge in [-0.3, -0.25) is 0 Å². The van der Waals surface area contributed by atoms with Gasteiger partial charge in [0.15, 0.2) is 6.29 Å². The van der Waals surface area contributed by atoms with Crippen molar-refractivity contribution in [2.24, 2.45) is 11.3 Å². The van der Waals surface area contributed by atoms with Gasteiger partial charge >= 0.3 is 0 Å². The van der Waals surface area contributed by atoms with E-state index in [1.807, 2.05) is 6.92 Å². The lowest BCUT2D eigenvalue weighted by Gasteiger charge is -2.29. The highest BCUT2D eigenvalue weighted by atomic mass is 16.7. The topological polar surface area (TPSA) is 18.5 Å². The standard InChI is InChI=1S/C24H38O2/c1-6-10-23(24(3,4)5)21-13-15-22(16-14-21)26-19(2)25-18-17-20-11-8-7-9-12-20/h6,10,13-16,19-20,23H,7-9,11-12,17-18H2,1-5H3/b10-6-. The molecule has 0 amide bonds. The Labute approximate surface area is 161 Å². The maximum absolute atomic E-state index is 5.94. The van der Waals surface area contributed by atoms with Gasteiger partial charge in [0.25, 0.3) is 0 Å². The average molecular weight is 359 g/mol. The van der Waals surface area contributed by atoms with Gasteiger partial charge in [0.05, 0.1) is 6.61 Å². The molecule has 0 bridgehead atoms. The van der Waals surface area contributed by atoms with Crippen LogP contribution in [-0.2, 0) is 4.74 Å². The summed E-state index contributed by atoms with van der Waals surface area (Å²) in [5.41, 5.74) is 1.53. The number of rotatable bonds is 8. The Hall–Kier alpha value is -1.28. The van der Waals surface area contributed by atoms with E-state index in [1.54, 1.807) is 0 Å². The van der Waals surface area contributed by atoms with E-state index in [0.717, 1.165) is 18.3 Å². The molecule has 2 nitrogen and oxygen atoms in total. The monoisotopic (exact) mass is 358 g/mol. The predicted molar refractivity (Wildman–Crippen MR) is 111 cm³/mol. The molecule has 1 saturated carbocycles. The summed E-state index contributed by atoms with van der Waals surface area (Å²) in [6.07, 6.45) is 12.4. The Kier molecular flexibility index (Phi) is 8.21. The summed E-state index contributed by atoms with van der Waals surface area (Å²) in [7, 11) is 0. The van der Waals surface area contributed by atoms with E-state index >= 15 is 0 Å². The highest BCUT2D eigenvalue weighted by Gasteiger charge is 2.23. The first-order chi connectivity index (χ1) is 12.4. The second kappa shape index (κ2) is 10.2. The zero-order valence-corrected chi connectivity index (χ0v) is 17.5. The molecular weight excluding hydrogens is 320 g/mol. The summed E-state index contributed by atoms with van der Waals surface area (Å²) in [6.45, 7) is 11.7. The average Bonchev–Trinajstić information content (AvgIpc) is 2.60. The summed E-state index contributed by atoms with van der Waals surface area (Å²) in [5.74, 6) is 2.15. The smallest absolute Gasteiger partial charge is 0.196 e. The van der Waals surface area contributed by atoms with Crippen LogP contribution in [0.15, 0.2) is 36.4 Å². The van der Waals surface area contributed by atoms with Crippen LogP contribution in [0, 0.1) is 11.3 Å². The van der Waals surface area contributed by atoms with Crippen molar-refractivity contribution >= 4 is 0 Å². The van der Waals surface area contributed by atoms with Crippen molar-refractivity contribution in [3.8, 4) is 5.75 Å². The summed E-state index contributed by atoms with van der Waals surface area (Å²) in [4.78, 5) is 0. The zero-order valence-electron chi connectivity index (χ0n) is 17.5. The molecule has 1 fully saturated rings. The van der Waals surface area contributed by atoms with Crippen LogP contribution in [0.3, 0.4) is 0 Å². The van der Waals surface area contributed by atoms with E-state index in [2.05, 4.69) is 64.1 Å². The van der Waals surface area contributed by atoms with Gasteiger partial charge in [-0.1, -0.05) is 77.2 Å². The van der Waals surface area contributed by atoms with Gasteiger partial charge in [0, 0.05) is 5.92 Å². The molecule has 0 aromatic heterocycles. The fourth-order valence-corrected chi connectivity index (χ4v) is 3.95. The van der Waals surface area contributed by atoms with E-state index in [1.165, 1.54) is 44.1 Å². The molecule has 0 spiro atoms. The summed E-state index contributed by atoms with van der Waals surface area (Å²) >= 11 is 0. The third-order valence-electron chi connectivity index (χ3n) is 5.46. The lowest BCUT2D eigenvalue weighted by atomic mass is 9.76. The van der Waals surface area contributed by atoms with Crippen molar-refractivity contribution in [2.75, 3.05) is 6.61 Å². The van der Waals surface area contributed by atoms with Gasteiger partial charge in [-0.25, -0.2) is 0 Å². The molecule has 0 N–H and O–H groups in total. The first kappa shape index (κ1) is 21.0. The van der Waals surface area contributed by atoms with E-state index in [9.17, 15) is 0 Å². The molecule has 2 unspecified atom stereocenters. The van der Waals surface area contributed by atoms with Gasteiger partial charge in [0.2, 0.25) is 0 Å². The fourth-order valence-electron chi connectivity index (χ4n) is 3.95. The molecule has 1 aromatic carbocycles. The summed E-state index contributed by atoms with van der Waals surface area (Å²) in [6, 6.07) is 8.50. The summed E-state index contributed by atoms with van der Waals surface area (Å²) < 4.78 is 11.8. The van der Waals surface area contributed by atoms with Crippen LogP contribution in [0.2, 0.25) is 0 Å². The highest BCUT2D eigenvalue weighted by molar-refractivity contribution is 5.32. The highest BCUT2D eigenvalue weighted by Crippen LogP contribution is 2.36. The van der Waals surface area contributed by atoms with Gasteiger partial charge in [-0.05, 0) is 49.3 Å². The van der Waals surface area contributed by atoms with Crippen LogP contribution >= 0.6 is 0 Å². The van der Waals surface area contributed by atoms with E-state index < -0.39 is 0 Å².